The molecule has 0 spiro atoms. The Labute approximate surface area is 117 Å². The van der Waals surface area contributed by atoms with Crippen molar-refractivity contribution in [3.8, 4) is 0 Å². The van der Waals surface area contributed by atoms with Crippen LogP contribution in [-0.2, 0) is 4.79 Å². The summed E-state index contributed by atoms with van der Waals surface area (Å²) in [6.45, 7) is 0. The molecular weight excluding hydrogens is 234 g/mol. The largest absolute Gasteiger partial charge is 0.321 e. The van der Waals surface area contributed by atoms with Crippen LogP contribution in [0.5, 0.6) is 0 Å². The van der Waals surface area contributed by atoms with Crippen molar-refractivity contribution < 1.29 is 4.79 Å². The second kappa shape index (κ2) is 7.26. The van der Waals surface area contributed by atoms with E-state index in [1.807, 2.05) is 5.94 Å². The summed E-state index contributed by atoms with van der Waals surface area (Å²) in [6.07, 6.45) is 17.0. The average Bonchev–Trinajstić information content (AvgIpc) is 2.41. The Bertz CT molecular complexity index is 287. The van der Waals surface area contributed by atoms with Crippen LogP contribution in [0.3, 0.4) is 0 Å². The maximum atomic E-state index is 10.8. The lowest BCUT2D eigenvalue weighted by atomic mass is 9.73. The normalized spacial score (nSPS) is 23.0. The Kier molecular flexibility index (Phi) is 5.66. The second-order valence-corrected chi connectivity index (χ2v) is 6.91. The Balaban J connectivity index is 1.92. The van der Waals surface area contributed by atoms with Gasteiger partial charge in [-0.15, -0.1) is 0 Å². The molecule has 0 aromatic rings. The van der Waals surface area contributed by atoms with Crippen LogP contribution in [0.2, 0.25) is 0 Å². The maximum Gasteiger partial charge on any atom is 0.121 e. The maximum absolute atomic E-state index is 10.8. The first kappa shape index (κ1) is 14.8. The van der Waals surface area contributed by atoms with Gasteiger partial charge in [-0.05, 0) is 24.7 Å². The molecule has 2 nitrogen and oxygen atoms in total. The Morgan fingerprint density at radius 2 is 1.32 bits per heavy atom. The van der Waals surface area contributed by atoms with Crippen molar-refractivity contribution in [2.24, 2.45) is 17.6 Å². The molecule has 0 aromatic heterocycles. The van der Waals surface area contributed by atoms with E-state index in [2.05, 4.69) is 0 Å². The van der Waals surface area contributed by atoms with Gasteiger partial charge in [0.05, 0.1) is 0 Å². The van der Waals surface area contributed by atoms with Crippen molar-refractivity contribution in [3.63, 3.8) is 0 Å². The molecule has 0 saturated heterocycles. The van der Waals surface area contributed by atoms with Crippen LogP contribution in [0, 0.1) is 11.8 Å². The first-order valence-corrected chi connectivity index (χ1v) is 8.23. The smallest absolute Gasteiger partial charge is 0.121 e. The number of hydrogen-bond donors (Lipinski definition) is 1. The third-order valence-electron chi connectivity index (χ3n) is 5.13. The van der Waals surface area contributed by atoms with Gasteiger partial charge < -0.3 is 5.73 Å². The molecule has 2 aliphatic rings. The van der Waals surface area contributed by atoms with E-state index in [1.54, 1.807) is 6.08 Å². The van der Waals surface area contributed by atoms with Crippen LogP contribution in [0.1, 0.15) is 77.0 Å². The van der Waals surface area contributed by atoms with Gasteiger partial charge >= 0.3 is 0 Å². The molecule has 2 fully saturated rings. The highest BCUT2D eigenvalue weighted by Gasteiger charge is 2.31. The fraction of sp³-hybridized carbons (Fsp3) is 0.882. The highest BCUT2D eigenvalue weighted by molar-refractivity contribution is 5.48. The van der Waals surface area contributed by atoms with Gasteiger partial charge in [-0.3, -0.25) is 0 Å². The number of rotatable bonds is 5. The predicted molar refractivity (Wildman–Crippen MR) is 79.6 cm³/mol. The van der Waals surface area contributed by atoms with E-state index >= 15 is 0 Å². The third kappa shape index (κ3) is 4.78. The molecule has 0 radical (unpaired) electrons. The highest BCUT2D eigenvalue weighted by atomic mass is 16.1. The van der Waals surface area contributed by atoms with Gasteiger partial charge in [0.15, 0.2) is 0 Å². The summed E-state index contributed by atoms with van der Waals surface area (Å²) >= 11 is 0. The second-order valence-electron chi connectivity index (χ2n) is 6.91. The highest BCUT2D eigenvalue weighted by Crippen LogP contribution is 2.36. The van der Waals surface area contributed by atoms with Crippen LogP contribution in [-0.4, -0.2) is 11.5 Å². The van der Waals surface area contributed by atoms with Crippen molar-refractivity contribution >= 4 is 5.94 Å². The molecule has 0 amide bonds. The van der Waals surface area contributed by atoms with Crippen LogP contribution in [0.4, 0.5) is 0 Å². The predicted octanol–water partition coefficient (Wildman–Crippen LogP) is 4.01. The molecule has 0 heterocycles. The van der Waals surface area contributed by atoms with E-state index in [9.17, 15) is 4.79 Å². The fourth-order valence-electron chi connectivity index (χ4n) is 4.18. The molecule has 2 heteroatoms. The lowest BCUT2D eigenvalue weighted by Crippen LogP contribution is -2.42. The summed E-state index contributed by atoms with van der Waals surface area (Å²) in [7, 11) is 0. The van der Waals surface area contributed by atoms with Crippen LogP contribution >= 0.6 is 0 Å². The molecule has 2 rings (SSSR count). The molecule has 0 bridgehead atoms. The number of nitrogens with two attached hydrogens (primary N) is 1. The summed E-state index contributed by atoms with van der Waals surface area (Å²) in [5.74, 6) is 3.44. The lowest BCUT2D eigenvalue weighted by molar-refractivity contribution is 0.231. The lowest BCUT2D eigenvalue weighted by Gasteiger charge is -2.35. The molecule has 19 heavy (non-hydrogen) atoms. The Morgan fingerprint density at radius 1 is 0.895 bits per heavy atom. The summed E-state index contributed by atoms with van der Waals surface area (Å²) in [5, 5.41) is 0. The molecule has 0 aromatic carbocycles. The summed E-state index contributed by atoms with van der Waals surface area (Å²) in [5.41, 5.74) is 6.17. The molecule has 108 valence electrons. The van der Waals surface area contributed by atoms with E-state index < -0.39 is 0 Å². The van der Waals surface area contributed by atoms with Gasteiger partial charge in [-0.25, -0.2) is 4.79 Å². The standard InChI is InChI=1S/C17H29NO/c18-17(11-12-19,13-15-7-3-1-4-8-15)14-16-9-5-2-6-10-16/h11,15-16H,1-10,13-14,18H2. The van der Waals surface area contributed by atoms with Crippen LogP contribution in [0.15, 0.2) is 6.08 Å². The van der Waals surface area contributed by atoms with E-state index in [0.29, 0.717) is 0 Å². The number of carbonyl (C=O) groups excluding carboxylic acids is 1. The first-order valence-electron chi connectivity index (χ1n) is 8.23. The SMILES string of the molecule is NC(C=C=O)(CC1CCCCC1)CC1CCCCC1. The zero-order valence-corrected chi connectivity index (χ0v) is 12.2. The zero-order chi connectivity index (χ0) is 13.6. The van der Waals surface area contributed by atoms with Crippen molar-refractivity contribution in [2.45, 2.75) is 82.6 Å². The molecule has 0 aliphatic heterocycles. The van der Waals surface area contributed by atoms with E-state index in [4.69, 9.17) is 5.73 Å². The monoisotopic (exact) mass is 263 g/mol. The summed E-state index contributed by atoms with van der Waals surface area (Å²) in [6, 6.07) is 0. The van der Waals surface area contributed by atoms with Crippen molar-refractivity contribution in [1.82, 2.24) is 0 Å². The van der Waals surface area contributed by atoms with Crippen molar-refractivity contribution in [2.75, 3.05) is 0 Å². The quantitative estimate of drug-likeness (QED) is 0.761. The minimum absolute atomic E-state index is 0.383. The van der Waals surface area contributed by atoms with E-state index in [-0.39, 0.29) is 5.54 Å². The van der Waals surface area contributed by atoms with Gasteiger partial charge in [0.25, 0.3) is 0 Å². The number of hydrogen-bond acceptors (Lipinski definition) is 2. The van der Waals surface area contributed by atoms with Gasteiger partial charge in [0, 0.05) is 11.6 Å². The molecule has 2 N–H and O–H groups in total. The van der Waals surface area contributed by atoms with Crippen LogP contribution < -0.4 is 5.73 Å². The van der Waals surface area contributed by atoms with E-state index in [1.165, 1.54) is 64.2 Å². The van der Waals surface area contributed by atoms with E-state index in [0.717, 1.165) is 24.7 Å². The topological polar surface area (TPSA) is 43.1 Å². The van der Waals surface area contributed by atoms with Crippen LogP contribution in [0.25, 0.3) is 0 Å². The first-order chi connectivity index (χ1) is 9.22. The molecule has 0 atom stereocenters. The van der Waals surface area contributed by atoms with Crippen molar-refractivity contribution in [1.29, 1.82) is 0 Å². The molecular formula is C17H29NO. The fourth-order valence-corrected chi connectivity index (χ4v) is 4.18. The van der Waals surface area contributed by atoms with Crippen molar-refractivity contribution in [3.05, 3.63) is 6.08 Å². The van der Waals surface area contributed by atoms with Gasteiger partial charge in [-0.1, -0.05) is 64.2 Å². The van der Waals surface area contributed by atoms with Gasteiger partial charge in [0.1, 0.15) is 5.94 Å². The average molecular weight is 263 g/mol. The van der Waals surface area contributed by atoms with Gasteiger partial charge in [0.2, 0.25) is 0 Å². The molecule has 2 aliphatic carbocycles. The zero-order valence-electron chi connectivity index (χ0n) is 12.2. The Morgan fingerprint density at radius 3 is 1.68 bits per heavy atom. The molecule has 0 unspecified atom stereocenters. The third-order valence-corrected chi connectivity index (χ3v) is 5.13. The summed E-state index contributed by atoms with van der Waals surface area (Å²) in [4.78, 5) is 10.8. The Hall–Kier alpha value is -0.590. The van der Waals surface area contributed by atoms with Gasteiger partial charge in [-0.2, -0.15) is 0 Å². The summed E-state index contributed by atoms with van der Waals surface area (Å²) < 4.78 is 0. The molecule has 2 saturated carbocycles. The minimum Gasteiger partial charge on any atom is -0.321 e. The minimum atomic E-state index is -0.383.